The van der Waals surface area contributed by atoms with Gasteiger partial charge in [-0.1, -0.05) is 43.0 Å². The molecule has 28 heavy (non-hydrogen) atoms. The molecule has 0 bridgehead atoms. The number of hydrogen-bond donors (Lipinski definition) is 2. The highest BCUT2D eigenvalue weighted by Crippen LogP contribution is 2.28. The summed E-state index contributed by atoms with van der Waals surface area (Å²) < 4.78 is 25.3. The Morgan fingerprint density at radius 1 is 1.25 bits per heavy atom. The van der Waals surface area contributed by atoms with Gasteiger partial charge in [0.05, 0.1) is 11.9 Å². The number of aryl methyl sites for hydroxylation is 1. The van der Waals surface area contributed by atoms with E-state index < -0.39 is 9.84 Å². The van der Waals surface area contributed by atoms with E-state index in [4.69, 9.17) is 5.73 Å². The minimum Gasteiger partial charge on any atom is -0.382 e. The van der Waals surface area contributed by atoms with Gasteiger partial charge in [-0.3, -0.25) is 4.79 Å². The number of aromatic nitrogens is 2. The fourth-order valence-electron chi connectivity index (χ4n) is 2.44. The van der Waals surface area contributed by atoms with E-state index in [0.717, 1.165) is 40.8 Å². The number of thioether (sulfide) groups is 1. The molecule has 0 saturated heterocycles. The highest BCUT2D eigenvalue weighted by molar-refractivity contribution is 7.99. The Labute approximate surface area is 171 Å². The number of nitrogens with two attached hydrogens (primary N) is 1. The van der Waals surface area contributed by atoms with Crippen LogP contribution in [-0.4, -0.2) is 30.0 Å². The summed E-state index contributed by atoms with van der Waals surface area (Å²) in [4.78, 5) is 20.2. The molecule has 146 valence electrons. The van der Waals surface area contributed by atoms with Crippen LogP contribution < -0.4 is 11.1 Å². The van der Waals surface area contributed by atoms with Gasteiger partial charge in [0.1, 0.15) is 14.9 Å². The first kappa shape index (κ1) is 20.3. The molecule has 1 amide bonds. The van der Waals surface area contributed by atoms with Crippen molar-refractivity contribution < 1.29 is 13.2 Å². The van der Waals surface area contributed by atoms with Crippen LogP contribution in [0.2, 0.25) is 0 Å². The Morgan fingerprint density at radius 3 is 2.71 bits per heavy atom. The number of nitrogens with one attached hydrogen (secondary N) is 1. The summed E-state index contributed by atoms with van der Waals surface area (Å²) in [5.41, 5.74) is 7.66. The number of para-hydroxylation sites is 1. The summed E-state index contributed by atoms with van der Waals surface area (Å²) in [7, 11) is -3.74. The van der Waals surface area contributed by atoms with E-state index in [9.17, 15) is 13.2 Å². The third-order valence-electron chi connectivity index (χ3n) is 3.81. The second kappa shape index (κ2) is 8.72. The number of carbonyl (C=O) groups excluding carboxylic acids is 1. The van der Waals surface area contributed by atoms with Gasteiger partial charge < -0.3 is 11.1 Å². The second-order valence-corrected chi connectivity index (χ2v) is 9.72. The van der Waals surface area contributed by atoms with Gasteiger partial charge >= 0.3 is 0 Å². The van der Waals surface area contributed by atoms with Gasteiger partial charge in [-0.25, -0.2) is 18.4 Å². The number of anilines is 2. The third kappa shape index (κ3) is 4.51. The number of hydrogen-bond acceptors (Lipinski definition) is 8. The standard InChI is InChI=1S/C18H18N4O3S3/c1-2-12-6-3-4-7-13(12)21-15(23)11-27-18-20-10-14(17(19)22-18)28(24,25)16-8-5-9-26-16/h3-10H,2,11H2,1H3,(H,21,23)(H2,19,20,22). The lowest BCUT2D eigenvalue weighted by molar-refractivity contribution is -0.113. The number of nitrogen functional groups attached to an aromatic ring is 1. The molecule has 0 aliphatic carbocycles. The van der Waals surface area contributed by atoms with Crippen LogP contribution in [0, 0.1) is 0 Å². The quantitative estimate of drug-likeness (QED) is 0.433. The molecule has 1 aromatic carbocycles. The Hall–Kier alpha value is -2.43. The van der Waals surface area contributed by atoms with Crippen molar-refractivity contribution in [3.05, 3.63) is 53.5 Å². The van der Waals surface area contributed by atoms with E-state index in [0.29, 0.717) is 0 Å². The first-order chi connectivity index (χ1) is 13.4. The number of carbonyl (C=O) groups is 1. The lowest BCUT2D eigenvalue weighted by Crippen LogP contribution is -2.15. The molecule has 3 rings (SSSR count). The summed E-state index contributed by atoms with van der Waals surface area (Å²) >= 11 is 2.18. The first-order valence-electron chi connectivity index (χ1n) is 8.33. The summed E-state index contributed by atoms with van der Waals surface area (Å²) in [6, 6.07) is 10.7. The van der Waals surface area contributed by atoms with Gasteiger partial charge in [0.15, 0.2) is 5.16 Å². The predicted octanol–water partition coefficient (Wildman–Crippen LogP) is 3.25. The number of rotatable bonds is 7. The minimum atomic E-state index is -3.74. The monoisotopic (exact) mass is 434 g/mol. The number of nitrogens with zero attached hydrogens (tertiary/aromatic N) is 2. The minimum absolute atomic E-state index is 0.0779. The zero-order chi connectivity index (χ0) is 20.1. The normalized spacial score (nSPS) is 11.3. The van der Waals surface area contributed by atoms with Crippen LogP contribution in [0.1, 0.15) is 12.5 Å². The molecular weight excluding hydrogens is 416 g/mol. The molecule has 0 aliphatic rings. The Balaban J connectivity index is 1.67. The van der Waals surface area contributed by atoms with Crippen LogP contribution in [0.4, 0.5) is 11.5 Å². The maximum Gasteiger partial charge on any atom is 0.234 e. The average molecular weight is 435 g/mol. The van der Waals surface area contributed by atoms with Gasteiger partial charge in [0.2, 0.25) is 15.7 Å². The van der Waals surface area contributed by atoms with Crippen molar-refractivity contribution in [3.63, 3.8) is 0 Å². The molecule has 3 N–H and O–H groups in total. The van der Waals surface area contributed by atoms with Crippen LogP contribution in [-0.2, 0) is 21.1 Å². The third-order valence-corrected chi connectivity index (χ3v) is 7.84. The van der Waals surface area contributed by atoms with Gasteiger partial charge in [-0.05, 0) is 29.5 Å². The number of sulfone groups is 1. The van der Waals surface area contributed by atoms with E-state index in [1.165, 1.54) is 12.3 Å². The molecule has 0 unspecified atom stereocenters. The maximum atomic E-state index is 12.5. The average Bonchev–Trinajstić information content (AvgIpc) is 3.22. The highest BCUT2D eigenvalue weighted by atomic mass is 32.2. The SMILES string of the molecule is CCc1ccccc1NC(=O)CSc1ncc(S(=O)(=O)c2cccs2)c(N)n1. The van der Waals surface area contributed by atoms with E-state index in [1.54, 1.807) is 11.4 Å². The highest BCUT2D eigenvalue weighted by Gasteiger charge is 2.23. The van der Waals surface area contributed by atoms with E-state index in [2.05, 4.69) is 15.3 Å². The zero-order valence-corrected chi connectivity index (χ0v) is 17.4. The molecule has 2 aromatic heterocycles. The van der Waals surface area contributed by atoms with Gasteiger partial charge in [0.25, 0.3) is 0 Å². The summed E-state index contributed by atoms with van der Waals surface area (Å²) in [6.07, 6.45) is 1.99. The molecular formula is C18H18N4O3S3. The van der Waals surface area contributed by atoms with Crippen LogP contribution >= 0.6 is 23.1 Å². The fourth-order valence-corrected chi connectivity index (χ4v) is 5.44. The van der Waals surface area contributed by atoms with Crippen molar-refractivity contribution in [2.24, 2.45) is 0 Å². The molecule has 0 aliphatic heterocycles. The molecule has 7 nitrogen and oxygen atoms in total. The summed E-state index contributed by atoms with van der Waals surface area (Å²) in [6.45, 7) is 2.02. The van der Waals surface area contributed by atoms with Crippen LogP contribution in [0.25, 0.3) is 0 Å². The van der Waals surface area contributed by atoms with Gasteiger partial charge in [-0.15, -0.1) is 11.3 Å². The van der Waals surface area contributed by atoms with E-state index >= 15 is 0 Å². The molecule has 0 fully saturated rings. The molecule has 2 heterocycles. The van der Waals surface area contributed by atoms with Crippen LogP contribution in [0.5, 0.6) is 0 Å². The van der Waals surface area contributed by atoms with Crippen LogP contribution in [0.15, 0.2) is 62.2 Å². The maximum absolute atomic E-state index is 12.5. The van der Waals surface area contributed by atoms with E-state index in [1.807, 2.05) is 31.2 Å². The number of benzene rings is 1. The Kier molecular flexibility index (Phi) is 6.32. The second-order valence-electron chi connectivity index (χ2n) is 5.69. The smallest absolute Gasteiger partial charge is 0.234 e. The Morgan fingerprint density at radius 2 is 2.04 bits per heavy atom. The van der Waals surface area contributed by atoms with Crippen molar-refractivity contribution in [1.29, 1.82) is 0 Å². The largest absolute Gasteiger partial charge is 0.382 e. The summed E-state index contributed by atoms with van der Waals surface area (Å²) in [5, 5.41) is 4.77. The fraction of sp³-hybridized carbons (Fsp3) is 0.167. The van der Waals surface area contributed by atoms with Gasteiger partial charge in [-0.2, -0.15) is 0 Å². The zero-order valence-electron chi connectivity index (χ0n) is 15.0. The molecule has 10 heteroatoms. The van der Waals surface area contributed by atoms with Crippen molar-refractivity contribution >= 4 is 50.3 Å². The molecule has 0 saturated carbocycles. The molecule has 0 spiro atoms. The summed E-state index contributed by atoms with van der Waals surface area (Å²) in [5.74, 6) is -0.264. The Bertz CT molecular complexity index is 1080. The first-order valence-corrected chi connectivity index (χ1v) is 11.7. The van der Waals surface area contributed by atoms with Crippen molar-refractivity contribution in [3.8, 4) is 0 Å². The predicted molar refractivity (Wildman–Crippen MR) is 111 cm³/mol. The number of amides is 1. The molecule has 3 aromatic rings. The van der Waals surface area contributed by atoms with Gasteiger partial charge in [0, 0.05) is 5.69 Å². The lowest BCUT2D eigenvalue weighted by Gasteiger charge is -2.09. The van der Waals surface area contributed by atoms with Crippen LogP contribution in [0.3, 0.4) is 0 Å². The number of thiophene rings is 1. The molecule has 0 radical (unpaired) electrons. The van der Waals surface area contributed by atoms with Crippen molar-refractivity contribution in [1.82, 2.24) is 9.97 Å². The molecule has 0 atom stereocenters. The van der Waals surface area contributed by atoms with Crippen molar-refractivity contribution in [2.45, 2.75) is 27.6 Å². The lowest BCUT2D eigenvalue weighted by atomic mass is 10.1. The van der Waals surface area contributed by atoms with E-state index in [-0.39, 0.29) is 31.7 Å². The topological polar surface area (TPSA) is 115 Å². The van der Waals surface area contributed by atoms with Crippen molar-refractivity contribution in [2.75, 3.05) is 16.8 Å².